The maximum absolute atomic E-state index is 11.4. The second kappa shape index (κ2) is 8.32. The van der Waals surface area contributed by atoms with E-state index in [2.05, 4.69) is 23.1 Å². The summed E-state index contributed by atoms with van der Waals surface area (Å²) in [5.41, 5.74) is 2.25. The van der Waals surface area contributed by atoms with E-state index in [1.54, 1.807) is 0 Å². The number of carbonyl (C=O) groups excluding carboxylic acids is 1. The minimum Gasteiger partial charge on any atom is -0.469 e. The maximum Gasteiger partial charge on any atom is 0.309 e. The molecule has 0 saturated carbocycles. The zero-order valence-corrected chi connectivity index (χ0v) is 12.9. The lowest BCUT2D eigenvalue weighted by atomic mass is 10.0. The number of carbonyl (C=O) groups is 1. The summed E-state index contributed by atoms with van der Waals surface area (Å²) in [6.45, 7) is 1.88. The molecular formula is C16H23NO2S. The summed E-state index contributed by atoms with van der Waals surface area (Å²) in [5, 5.41) is 4.28. The van der Waals surface area contributed by atoms with Crippen LogP contribution in [0.15, 0.2) is 24.3 Å². The topological polar surface area (TPSA) is 38.3 Å². The van der Waals surface area contributed by atoms with Crippen LogP contribution in [0, 0.1) is 0 Å². The highest BCUT2D eigenvalue weighted by atomic mass is 32.2. The van der Waals surface area contributed by atoms with Gasteiger partial charge in [0.2, 0.25) is 0 Å². The summed E-state index contributed by atoms with van der Waals surface area (Å²) < 4.78 is 4.75. The Hall–Kier alpha value is -1.00. The van der Waals surface area contributed by atoms with E-state index in [1.165, 1.54) is 37.7 Å². The lowest BCUT2D eigenvalue weighted by Gasteiger charge is -2.21. The van der Waals surface area contributed by atoms with Crippen molar-refractivity contribution < 1.29 is 9.53 Å². The third kappa shape index (κ3) is 4.84. The van der Waals surface area contributed by atoms with Crippen LogP contribution in [0.3, 0.4) is 0 Å². The summed E-state index contributed by atoms with van der Waals surface area (Å²) in [6.07, 6.45) is 4.40. The Morgan fingerprint density at radius 2 is 2.15 bits per heavy atom. The van der Waals surface area contributed by atoms with Crippen LogP contribution >= 0.6 is 11.8 Å². The average Bonchev–Trinajstić information content (AvgIpc) is 2.50. The van der Waals surface area contributed by atoms with Gasteiger partial charge in [-0.1, -0.05) is 30.7 Å². The Labute approximate surface area is 125 Å². The summed E-state index contributed by atoms with van der Waals surface area (Å²) in [5.74, 6) is 1.12. The van der Waals surface area contributed by atoms with Crippen LogP contribution in [0.2, 0.25) is 0 Å². The van der Waals surface area contributed by atoms with Crippen LogP contribution in [0.5, 0.6) is 0 Å². The molecule has 1 N–H and O–H groups in total. The molecule has 0 aliphatic carbocycles. The van der Waals surface area contributed by atoms with Gasteiger partial charge in [0.05, 0.1) is 13.5 Å². The number of benzene rings is 1. The van der Waals surface area contributed by atoms with Gasteiger partial charge >= 0.3 is 5.97 Å². The van der Waals surface area contributed by atoms with Crippen molar-refractivity contribution in [2.24, 2.45) is 0 Å². The predicted molar refractivity (Wildman–Crippen MR) is 84.0 cm³/mol. The van der Waals surface area contributed by atoms with Crippen molar-refractivity contribution in [3.05, 3.63) is 35.4 Å². The molecule has 0 bridgehead atoms. The number of ether oxygens (including phenoxy) is 1. The summed E-state index contributed by atoms with van der Waals surface area (Å²) in [6, 6.07) is 8.08. The Balaban J connectivity index is 1.83. The van der Waals surface area contributed by atoms with Crippen LogP contribution in [-0.4, -0.2) is 30.6 Å². The molecule has 20 heavy (non-hydrogen) atoms. The van der Waals surface area contributed by atoms with Gasteiger partial charge in [0.25, 0.3) is 0 Å². The minimum atomic E-state index is -0.180. The number of rotatable bonds is 6. The highest BCUT2D eigenvalue weighted by molar-refractivity contribution is 7.99. The predicted octanol–water partition coefficient (Wildman–Crippen LogP) is 2.78. The molecule has 1 saturated heterocycles. The van der Waals surface area contributed by atoms with E-state index in [4.69, 9.17) is 4.74 Å². The zero-order valence-electron chi connectivity index (χ0n) is 12.1. The number of hydrogen-bond donors (Lipinski definition) is 1. The largest absolute Gasteiger partial charge is 0.469 e. The van der Waals surface area contributed by atoms with E-state index >= 15 is 0 Å². The minimum absolute atomic E-state index is 0.180. The number of nitrogens with one attached hydrogen (secondary N) is 1. The van der Waals surface area contributed by atoms with Crippen LogP contribution in [0.4, 0.5) is 0 Å². The van der Waals surface area contributed by atoms with E-state index in [9.17, 15) is 4.79 Å². The Bertz CT molecular complexity index is 430. The number of esters is 1. The van der Waals surface area contributed by atoms with Crippen molar-refractivity contribution in [3.8, 4) is 0 Å². The molecule has 0 radical (unpaired) electrons. The number of methoxy groups -OCH3 is 1. The normalized spacial score (nSPS) is 18.8. The average molecular weight is 293 g/mol. The first-order valence-electron chi connectivity index (χ1n) is 7.25. The molecule has 0 aromatic heterocycles. The smallest absolute Gasteiger partial charge is 0.309 e. The first-order valence-corrected chi connectivity index (χ1v) is 8.30. The van der Waals surface area contributed by atoms with Crippen LogP contribution in [0.1, 0.15) is 30.4 Å². The van der Waals surface area contributed by atoms with Crippen molar-refractivity contribution in [2.45, 2.75) is 37.5 Å². The van der Waals surface area contributed by atoms with Crippen LogP contribution < -0.4 is 5.32 Å². The quantitative estimate of drug-likeness (QED) is 0.819. The van der Waals surface area contributed by atoms with E-state index < -0.39 is 0 Å². The van der Waals surface area contributed by atoms with Gasteiger partial charge in [-0.3, -0.25) is 4.79 Å². The van der Waals surface area contributed by atoms with E-state index in [1.807, 2.05) is 18.2 Å². The number of hydrogen-bond acceptors (Lipinski definition) is 4. The van der Waals surface area contributed by atoms with Gasteiger partial charge < -0.3 is 10.1 Å². The molecule has 1 atom stereocenters. The van der Waals surface area contributed by atoms with Gasteiger partial charge in [-0.05, 0) is 29.7 Å². The molecule has 1 aromatic rings. The number of thioether (sulfide) groups is 1. The van der Waals surface area contributed by atoms with Crippen molar-refractivity contribution in [2.75, 3.05) is 19.4 Å². The van der Waals surface area contributed by atoms with Crippen LogP contribution in [0.25, 0.3) is 0 Å². The molecule has 0 amide bonds. The van der Waals surface area contributed by atoms with E-state index in [0.29, 0.717) is 6.42 Å². The molecule has 1 aliphatic heterocycles. The fourth-order valence-electron chi connectivity index (χ4n) is 2.47. The first-order chi connectivity index (χ1) is 9.79. The second-order valence-electron chi connectivity index (χ2n) is 5.14. The highest BCUT2D eigenvalue weighted by Gasteiger charge is 2.13. The standard InChI is InChI=1S/C16H23NO2S/c1-19-16(18)10-13-6-2-3-7-14(13)11-17-12-15-8-4-5-9-20-15/h2-3,6-7,15,17H,4-5,8-12H2,1H3. The van der Waals surface area contributed by atoms with Gasteiger partial charge in [0.15, 0.2) is 0 Å². The summed E-state index contributed by atoms with van der Waals surface area (Å²) >= 11 is 2.08. The third-order valence-corrected chi connectivity index (χ3v) is 5.04. The van der Waals surface area contributed by atoms with Gasteiger partial charge in [0.1, 0.15) is 0 Å². The second-order valence-corrected chi connectivity index (χ2v) is 6.55. The fraction of sp³-hybridized carbons (Fsp3) is 0.562. The lowest BCUT2D eigenvalue weighted by Crippen LogP contribution is -2.26. The molecule has 1 aliphatic rings. The molecule has 4 heteroatoms. The van der Waals surface area contributed by atoms with Crippen molar-refractivity contribution in [1.29, 1.82) is 0 Å². The Morgan fingerprint density at radius 1 is 1.35 bits per heavy atom. The molecule has 110 valence electrons. The molecule has 1 fully saturated rings. The molecule has 0 spiro atoms. The Morgan fingerprint density at radius 3 is 2.85 bits per heavy atom. The molecule has 2 rings (SSSR count). The lowest BCUT2D eigenvalue weighted by molar-refractivity contribution is -0.139. The SMILES string of the molecule is COC(=O)Cc1ccccc1CNCC1CCCCS1. The van der Waals surface area contributed by atoms with Crippen LogP contribution in [-0.2, 0) is 22.5 Å². The van der Waals surface area contributed by atoms with Gasteiger partial charge in [-0.15, -0.1) is 0 Å². The van der Waals surface area contributed by atoms with Crippen molar-refractivity contribution >= 4 is 17.7 Å². The van der Waals surface area contributed by atoms with Gasteiger partial charge in [-0.2, -0.15) is 11.8 Å². The van der Waals surface area contributed by atoms with E-state index in [-0.39, 0.29) is 5.97 Å². The summed E-state index contributed by atoms with van der Waals surface area (Å²) in [7, 11) is 1.43. The summed E-state index contributed by atoms with van der Waals surface area (Å²) in [4.78, 5) is 11.4. The third-order valence-electron chi connectivity index (χ3n) is 3.64. The van der Waals surface area contributed by atoms with Crippen molar-refractivity contribution in [3.63, 3.8) is 0 Å². The molecule has 1 aromatic carbocycles. The molecule has 3 nitrogen and oxygen atoms in total. The Kier molecular flexibility index (Phi) is 6.40. The molecule has 1 heterocycles. The maximum atomic E-state index is 11.4. The molecular weight excluding hydrogens is 270 g/mol. The van der Waals surface area contributed by atoms with E-state index in [0.717, 1.165) is 23.9 Å². The zero-order chi connectivity index (χ0) is 14.2. The molecule has 1 unspecified atom stereocenters. The van der Waals surface area contributed by atoms with Gasteiger partial charge in [-0.25, -0.2) is 0 Å². The van der Waals surface area contributed by atoms with Gasteiger partial charge in [0, 0.05) is 18.3 Å². The first kappa shape index (κ1) is 15.4. The van der Waals surface area contributed by atoms with Crippen molar-refractivity contribution in [1.82, 2.24) is 5.32 Å². The monoisotopic (exact) mass is 293 g/mol. The fourth-order valence-corrected chi connectivity index (χ4v) is 3.74. The highest BCUT2D eigenvalue weighted by Crippen LogP contribution is 2.24.